The van der Waals surface area contributed by atoms with Gasteiger partial charge in [0.15, 0.2) is 6.61 Å². The summed E-state index contributed by atoms with van der Waals surface area (Å²) >= 11 is 3.91. The van der Waals surface area contributed by atoms with E-state index >= 15 is 0 Å². The molecule has 1 aliphatic heterocycles. The Morgan fingerprint density at radius 3 is 2.45 bits per heavy atom. The number of rotatable bonds is 7. The summed E-state index contributed by atoms with van der Waals surface area (Å²) < 4.78 is 23.6. The molecule has 0 aromatic heterocycles. The molecule has 31 heavy (non-hydrogen) atoms. The van der Waals surface area contributed by atoms with Crippen molar-refractivity contribution in [2.24, 2.45) is 11.8 Å². The molecule has 6 unspecified atom stereocenters. The van der Waals surface area contributed by atoms with E-state index in [-0.39, 0.29) is 17.5 Å². The van der Waals surface area contributed by atoms with Gasteiger partial charge in [-0.15, -0.1) is 0 Å². The number of carbonyl (C=O) groups is 4. The minimum Gasteiger partial charge on any atom is -0.457 e. The molecule has 1 heterocycles. The van der Waals surface area contributed by atoms with Gasteiger partial charge in [-0.05, 0) is 41.0 Å². The number of alkyl halides is 1. The van der Waals surface area contributed by atoms with Crippen LogP contribution in [0.5, 0.6) is 0 Å². The molecule has 172 valence electrons. The zero-order valence-electron chi connectivity index (χ0n) is 17.8. The number of hydrogen-bond acceptors (Lipinski definition) is 9. The molecule has 0 spiro atoms. The van der Waals surface area contributed by atoms with Gasteiger partial charge in [0.25, 0.3) is 0 Å². The highest BCUT2D eigenvalue weighted by Gasteiger charge is 2.64. The molecule has 6 atom stereocenters. The third-order valence-electron chi connectivity index (χ3n) is 5.70. The van der Waals surface area contributed by atoms with Gasteiger partial charge in [0.2, 0.25) is 0 Å². The lowest BCUT2D eigenvalue weighted by Crippen LogP contribution is -2.46. The van der Waals surface area contributed by atoms with Gasteiger partial charge in [-0.2, -0.15) is 0 Å². The smallest absolute Gasteiger partial charge is 0.344 e. The van der Waals surface area contributed by atoms with Crippen LogP contribution < -0.4 is 3.53 Å². The molecule has 0 amide bonds. The van der Waals surface area contributed by atoms with E-state index in [0.717, 1.165) is 0 Å². The summed E-state index contributed by atoms with van der Waals surface area (Å²) in [6.45, 7) is 8.16. The van der Waals surface area contributed by atoms with Gasteiger partial charge in [0.1, 0.15) is 21.2 Å². The van der Waals surface area contributed by atoms with Crippen molar-refractivity contribution in [1.82, 2.24) is 3.53 Å². The molecule has 1 N–H and O–H groups in total. The average molecular weight is 661 g/mol. The van der Waals surface area contributed by atoms with E-state index in [2.05, 4.69) is 3.53 Å². The molecule has 3 aliphatic rings. The Balaban J connectivity index is 1.67. The fourth-order valence-electron chi connectivity index (χ4n) is 4.04. The molecule has 9 nitrogen and oxygen atoms in total. The minimum atomic E-state index is -0.881. The summed E-state index contributed by atoms with van der Waals surface area (Å²) in [7, 11) is 0. The van der Waals surface area contributed by atoms with Crippen LogP contribution in [0.15, 0.2) is 11.1 Å². The standard InChI is InChI=1S/C20H25I2NO8/c1-8(23-22)20(5,21)18(27)28-7-11(24)29-14-10-6-9-12(16(25)30-15(9)14)13(10)17(26)31-19(2,3)4/h8-10,14-15,23H,6-7H2,1-5H3. The Morgan fingerprint density at radius 1 is 1.23 bits per heavy atom. The largest absolute Gasteiger partial charge is 0.457 e. The molecule has 2 bridgehead atoms. The number of esters is 4. The molecule has 0 radical (unpaired) electrons. The number of fused-ring (bicyclic) bond motifs is 1. The van der Waals surface area contributed by atoms with Crippen LogP contribution in [-0.2, 0) is 38.1 Å². The molecule has 2 aliphatic carbocycles. The zero-order chi connectivity index (χ0) is 23.3. The van der Waals surface area contributed by atoms with Crippen molar-refractivity contribution in [3.05, 3.63) is 11.1 Å². The first-order valence-electron chi connectivity index (χ1n) is 9.88. The molecule has 3 rings (SSSR count). The molecule has 2 fully saturated rings. The first kappa shape index (κ1) is 24.7. The van der Waals surface area contributed by atoms with E-state index in [1.807, 2.05) is 52.4 Å². The van der Waals surface area contributed by atoms with Crippen molar-refractivity contribution >= 4 is 69.3 Å². The van der Waals surface area contributed by atoms with E-state index in [4.69, 9.17) is 18.9 Å². The minimum absolute atomic E-state index is 0.194. The summed E-state index contributed by atoms with van der Waals surface area (Å²) in [5.74, 6) is -3.26. The Bertz CT molecular complexity index is 847. The van der Waals surface area contributed by atoms with E-state index in [1.54, 1.807) is 27.7 Å². The maximum Gasteiger partial charge on any atom is 0.344 e. The third kappa shape index (κ3) is 4.72. The Morgan fingerprint density at radius 2 is 1.87 bits per heavy atom. The summed E-state index contributed by atoms with van der Waals surface area (Å²) in [5, 5.41) is 0. The van der Waals surface area contributed by atoms with Gasteiger partial charge in [0, 0.05) is 40.7 Å². The van der Waals surface area contributed by atoms with Crippen molar-refractivity contribution in [3.8, 4) is 0 Å². The van der Waals surface area contributed by atoms with Gasteiger partial charge in [-0.3, -0.25) is 8.32 Å². The van der Waals surface area contributed by atoms with Crippen molar-refractivity contribution in [2.45, 2.75) is 68.3 Å². The van der Waals surface area contributed by atoms with Crippen molar-refractivity contribution in [2.75, 3.05) is 6.61 Å². The van der Waals surface area contributed by atoms with Crippen LogP contribution in [0.25, 0.3) is 0 Å². The molecule has 11 heteroatoms. The van der Waals surface area contributed by atoms with Crippen molar-refractivity contribution in [1.29, 1.82) is 0 Å². The number of nitrogens with one attached hydrogen (secondary N) is 1. The maximum absolute atomic E-state index is 12.7. The van der Waals surface area contributed by atoms with E-state index in [1.165, 1.54) is 0 Å². The Hall–Kier alpha value is -0.960. The van der Waals surface area contributed by atoms with E-state index in [0.29, 0.717) is 12.0 Å². The topological polar surface area (TPSA) is 117 Å². The fraction of sp³-hybridized carbons (Fsp3) is 0.700. The first-order valence-corrected chi connectivity index (χ1v) is 12.0. The van der Waals surface area contributed by atoms with Gasteiger partial charge in [-0.25, -0.2) is 14.4 Å². The SMILES string of the molecule is CC(NI)C(C)(I)C(=O)OCC(=O)OC1C2CC3C(=C2C(=O)OC(C)(C)C)C(=O)OC31. The third-order valence-corrected chi connectivity index (χ3v) is 8.01. The first-order chi connectivity index (χ1) is 14.3. The van der Waals surface area contributed by atoms with Crippen LogP contribution in [-0.4, -0.2) is 57.8 Å². The second kappa shape index (κ2) is 8.76. The van der Waals surface area contributed by atoms with Gasteiger partial charge in [0.05, 0.1) is 11.1 Å². The Labute approximate surface area is 207 Å². The Kier molecular flexibility index (Phi) is 6.98. The summed E-state index contributed by atoms with van der Waals surface area (Å²) in [6, 6.07) is -0.194. The number of halogens is 2. The summed E-state index contributed by atoms with van der Waals surface area (Å²) in [5.41, 5.74) is -0.163. The number of ether oxygens (including phenoxy) is 4. The molecule has 0 aromatic carbocycles. The van der Waals surface area contributed by atoms with Gasteiger partial charge >= 0.3 is 23.9 Å². The lowest BCUT2D eigenvalue weighted by Gasteiger charge is -2.28. The fourth-order valence-corrected chi connectivity index (χ4v) is 5.57. The number of hydrogen-bond donors (Lipinski definition) is 1. The zero-order valence-corrected chi connectivity index (χ0v) is 22.1. The lowest BCUT2D eigenvalue weighted by molar-refractivity contribution is -0.170. The van der Waals surface area contributed by atoms with Gasteiger partial charge in [-0.1, -0.05) is 22.6 Å². The van der Waals surface area contributed by atoms with Crippen molar-refractivity contribution < 1.29 is 38.1 Å². The quantitative estimate of drug-likeness (QED) is 0.144. The molecule has 0 aromatic rings. The van der Waals surface area contributed by atoms with Crippen LogP contribution in [0, 0.1) is 11.8 Å². The molecule has 1 saturated carbocycles. The number of carbonyl (C=O) groups excluding carboxylic acids is 4. The van der Waals surface area contributed by atoms with Gasteiger partial charge < -0.3 is 18.9 Å². The van der Waals surface area contributed by atoms with Crippen LogP contribution in [0.2, 0.25) is 0 Å². The summed E-state index contributed by atoms with van der Waals surface area (Å²) in [6.07, 6.45) is -0.964. The predicted molar refractivity (Wildman–Crippen MR) is 124 cm³/mol. The average Bonchev–Trinajstić information content (AvgIpc) is 3.27. The van der Waals surface area contributed by atoms with Crippen LogP contribution in [0.1, 0.15) is 41.0 Å². The second-order valence-corrected chi connectivity index (χ2v) is 11.9. The second-order valence-electron chi connectivity index (χ2n) is 9.08. The lowest BCUT2D eigenvalue weighted by atomic mass is 9.89. The molecular formula is C20H25I2NO8. The normalized spacial score (nSPS) is 29.3. The van der Waals surface area contributed by atoms with E-state index < -0.39 is 57.6 Å². The highest BCUT2D eigenvalue weighted by Crippen LogP contribution is 2.55. The van der Waals surface area contributed by atoms with Crippen molar-refractivity contribution in [3.63, 3.8) is 0 Å². The highest BCUT2D eigenvalue weighted by molar-refractivity contribution is 14.1. The molecule has 1 saturated heterocycles. The predicted octanol–water partition coefficient (Wildman–Crippen LogP) is 2.18. The van der Waals surface area contributed by atoms with E-state index in [9.17, 15) is 19.2 Å². The molecular weight excluding hydrogens is 636 g/mol. The summed E-state index contributed by atoms with van der Waals surface area (Å²) in [4.78, 5) is 49.8. The monoisotopic (exact) mass is 661 g/mol. The van der Waals surface area contributed by atoms with Crippen LogP contribution >= 0.6 is 45.5 Å². The van der Waals surface area contributed by atoms with Crippen LogP contribution in [0.3, 0.4) is 0 Å². The van der Waals surface area contributed by atoms with Crippen LogP contribution in [0.4, 0.5) is 0 Å². The highest BCUT2D eigenvalue weighted by atomic mass is 127. The maximum atomic E-state index is 12.7.